The number of aliphatic hydroxyl groups excluding tert-OH is 1. The molecule has 2 aliphatic heterocycles. The molecule has 4 unspecified atom stereocenters. The quantitative estimate of drug-likeness (QED) is 0.852. The first kappa shape index (κ1) is 14.8. The zero-order valence-electron chi connectivity index (χ0n) is 12.2. The van der Waals surface area contributed by atoms with Crippen LogP contribution >= 0.6 is 0 Å². The fraction of sp³-hybridized carbons (Fsp3) is 0.933. The molecule has 4 atom stereocenters. The topological polar surface area (TPSA) is 49.8 Å². The molecule has 2 aliphatic rings. The number of hydrogen-bond acceptors (Lipinski definition) is 3. The second kappa shape index (κ2) is 6.71. The number of rotatable bonds is 3. The molecule has 0 aliphatic carbocycles. The lowest BCUT2D eigenvalue weighted by molar-refractivity contribution is -0.138. The predicted octanol–water partition coefficient (Wildman–Crippen LogP) is 1.95. The van der Waals surface area contributed by atoms with Crippen molar-refractivity contribution in [2.24, 2.45) is 5.92 Å². The van der Waals surface area contributed by atoms with Crippen LogP contribution in [0.25, 0.3) is 0 Å². The number of ether oxygens (including phenoxy) is 1. The van der Waals surface area contributed by atoms with Gasteiger partial charge in [0.25, 0.3) is 0 Å². The number of aliphatic hydroxyl groups is 1. The Labute approximate surface area is 116 Å². The van der Waals surface area contributed by atoms with Gasteiger partial charge in [-0.15, -0.1) is 0 Å². The summed E-state index contributed by atoms with van der Waals surface area (Å²) in [6, 6.07) is 0.214. The van der Waals surface area contributed by atoms with Gasteiger partial charge in [-0.3, -0.25) is 4.79 Å². The van der Waals surface area contributed by atoms with Gasteiger partial charge in [0.15, 0.2) is 0 Å². The molecule has 2 heterocycles. The Morgan fingerprint density at radius 1 is 1.42 bits per heavy atom. The van der Waals surface area contributed by atoms with Crippen molar-refractivity contribution >= 4 is 5.91 Å². The SMILES string of the molecule is CC(O)CC1CCCCCN1C(=O)C1COC(C)C1. The molecule has 110 valence electrons. The molecule has 4 nitrogen and oxygen atoms in total. The van der Waals surface area contributed by atoms with Gasteiger partial charge in [-0.2, -0.15) is 0 Å². The second-order valence-corrected chi connectivity index (χ2v) is 6.20. The Bertz CT molecular complexity index is 306. The van der Waals surface area contributed by atoms with Crippen LogP contribution in [0, 0.1) is 5.92 Å². The Balaban J connectivity index is 2.02. The first-order valence-electron chi connectivity index (χ1n) is 7.68. The summed E-state index contributed by atoms with van der Waals surface area (Å²) in [5, 5.41) is 9.64. The number of carbonyl (C=O) groups is 1. The van der Waals surface area contributed by atoms with E-state index < -0.39 is 0 Å². The molecule has 2 saturated heterocycles. The van der Waals surface area contributed by atoms with Crippen LogP contribution in [0.1, 0.15) is 52.4 Å². The largest absolute Gasteiger partial charge is 0.393 e. The van der Waals surface area contributed by atoms with E-state index in [0.717, 1.165) is 25.8 Å². The number of nitrogens with zero attached hydrogens (tertiary/aromatic N) is 1. The number of carbonyl (C=O) groups excluding carboxylic acids is 1. The molecule has 0 radical (unpaired) electrons. The molecular formula is C15H27NO3. The molecule has 4 heteroatoms. The number of likely N-dealkylation sites (tertiary alicyclic amines) is 1. The summed E-state index contributed by atoms with van der Waals surface area (Å²) in [6.45, 7) is 5.26. The molecular weight excluding hydrogens is 242 g/mol. The summed E-state index contributed by atoms with van der Waals surface area (Å²) in [5.41, 5.74) is 0. The Hall–Kier alpha value is -0.610. The van der Waals surface area contributed by atoms with E-state index >= 15 is 0 Å². The van der Waals surface area contributed by atoms with Gasteiger partial charge >= 0.3 is 0 Å². The molecule has 19 heavy (non-hydrogen) atoms. The lowest BCUT2D eigenvalue weighted by atomic mass is 10.00. The molecule has 1 N–H and O–H groups in total. The average Bonchev–Trinajstić information content (AvgIpc) is 2.65. The second-order valence-electron chi connectivity index (χ2n) is 6.20. The highest BCUT2D eigenvalue weighted by molar-refractivity contribution is 5.79. The number of amides is 1. The third-order valence-electron chi connectivity index (χ3n) is 4.32. The van der Waals surface area contributed by atoms with Crippen molar-refractivity contribution < 1.29 is 14.6 Å². The van der Waals surface area contributed by atoms with E-state index in [0.29, 0.717) is 13.0 Å². The van der Waals surface area contributed by atoms with Gasteiger partial charge < -0.3 is 14.7 Å². The lowest BCUT2D eigenvalue weighted by Crippen LogP contribution is -2.44. The van der Waals surface area contributed by atoms with Crippen LogP contribution in [0.3, 0.4) is 0 Å². The normalized spacial score (nSPS) is 34.1. The Morgan fingerprint density at radius 3 is 2.84 bits per heavy atom. The van der Waals surface area contributed by atoms with Crippen molar-refractivity contribution in [1.29, 1.82) is 0 Å². The van der Waals surface area contributed by atoms with Crippen LogP contribution in [0.2, 0.25) is 0 Å². The average molecular weight is 269 g/mol. The van der Waals surface area contributed by atoms with Gasteiger partial charge in [0, 0.05) is 12.6 Å². The van der Waals surface area contributed by atoms with Crippen LogP contribution in [-0.4, -0.2) is 47.3 Å². The zero-order valence-corrected chi connectivity index (χ0v) is 12.2. The van der Waals surface area contributed by atoms with Crippen LogP contribution < -0.4 is 0 Å². The monoisotopic (exact) mass is 269 g/mol. The minimum atomic E-state index is -0.336. The van der Waals surface area contributed by atoms with Gasteiger partial charge in [-0.1, -0.05) is 12.8 Å². The fourth-order valence-electron chi connectivity index (χ4n) is 3.33. The van der Waals surface area contributed by atoms with Crippen molar-refractivity contribution in [3.8, 4) is 0 Å². The van der Waals surface area contributed by atoms with Crippen molar-refractivity contribution in [1.82, 2.24) is 4.90 Å². The highest BCUT2D eigenvalue weighted by atomic mass is 16.5. The standard InChI is InChI=1S/C15H27NO3/c1-11(17)8-14-6-4-3-5-7-16(14)15(18)13-9-12(2)19-10-13/h11-14,17H,3-10H2,1-2H3. The molecule has 0 aromatic rings. The van der Waals surface area contributed by atoms with Gasteiger partial charge in [-0.05, 0) is 39.5 Å². The van der Waals surface area contributed by atoms with E-state index in [-0.39, 0.29) is 30.1 Å². The number of hydrogen-bond donors (Lipinski definition) is 1. The molecule has 0 saturated carbocycles. The van der Waals surface area contributed by atoms with E-state index in [1.807, 2.05) is 18.7 Å². The summed E-state index contributed by atoms with van der Waals surface area (Å²) in [4.78, 5) is 14.7. The molecule has 1 amide bonds. The van der Waals surface area contributed by atoms with Crippen molar-refractivity contribution in [3.63, 3.8) is 0 Å². The molecule has 0 aromatic carbocycles. The fourth-order valence-corrected chi connectivity index (χ4v) is 3.33. The molecule has 2 rings (SSSR count). The van der Waals surface area contributed by atoms with Gasteiger partial charge in [0.1, 0.15) is 0 Å². The van der Waals surface area contributed by atoms with Crippen molar-refractivity contribution in [3.05, 3.63) is 0 Å². The van der Waals surface area contributed by atoms with E-state index in [1.165, 1.54) is 12.8 Å². The van der Waals surface area contributed by atoms with Crippen LogP contribution in [0.4, 0.5) is 0 Å². The summed E-state index contributed by atoms with van der Waals surface area (Å²) in [6.07, 6.45) is 5.89. The lowest BCUT2D eigenvalue weighted by Gasteiger charge is -2.32. The van der Waals surface area contributed by atoms with Crippen LogP contribution in [-0.2, 0) is 9.53 Å². The molecule has 2 fully saturated rings. The minimum absolute atomic E-state index is 0.0320. The van der Waals surface area contributed by atoms with Gasteiger partial charge in [0.2, 0.25) is 5.91 Å². The van der Waals surface area contributed by atoms with Gasteiger partial charge in [-0.25, -0.2) is 0 Å². The van der Waals surface area contributed by atoms with E-state index in [4.69, 9.17) is 4.74 Å². The van der Waals surface area contributed by atoms with E-state index in [9.17, 15) is 9.90 Å². The summed E-state index contributed by atoms with van der Waals surface area (Å²) in [5.74, 6) is 0.279. The summed E-state index contributed by atoms with van der Waals surface area (Å²) in [7, 11) is 0. The van der Waals surface area contributed by atoms with E-state index in [1.54, 1.807) is 0 Å². The highest BCUT2D eigenvalue weighted by Crippen LogP contribution is 2.27. The Kier molecular flexibility index (Phi) is 5.22. The van der Waals surface area contributed by atoms with Gasteiger partial charge in [0.05, 0.1) is 24.7 Å². The maximum absolute atomic E-state index is 12.7. The highest BCUT2D eigenvalue weighted by Gasteiger charge is 2.35. The third kappa shape index (κ3) is 3.93. The Morgan fingerprint density at radius 2 is 2.21 bits per heavy atom. The third-order valence-corrected chi connectivity index (χ3v) is 4.32. The van der Waals surface area contributed by atoms with E-state index in [2.05, 4.69) is 0 Å². The first-order chi connectivity index (χ1) is 9.08. The maximum Gasteiger partial charge on any atom is 0.228 e. The molecule has 0 spiro atoms. The molecule has 0 bridgehead atoms. The summed E-state index contributed by atoms with van der Waals surface area (Å²) < 4.78 is 5.53. The van der Waals surface area contributed by atoms with Crippen molar-refractivity contribution in [2.45, 2.75) is 70.6 Å². The van der Waals surface area contributed by atoms with Crippen LogP contribution in [0.15, 0.2) is 0 Å². The molecule has 0 aromatic heterocycles. The summed E-state index contributed by atoms with van der Waals surface area (Å²) >= 11 is 0. The maximum atomic E-state index is 12.7. The zero-order chi connectivity index (χ0) is 13.8. The predicted molar refractivity (Wildman–Crippen MR) is 73.8 cm³/mol. The minimum Gasteiger partial charge on any atom is -0.393 e. The first-order valence-corrected chi connectivity index (χ1v) is 7.68. The van der Waals surface area contributed by atoms with Crippen molar-refractivity contribution in [2.75, 3.05) is 13.2 Å². The smallest absolute Gasteiger partial charge is 0.228 e. The van der Waals surface area contributed by atoms with Crippen LogP contribution in [0.5, 0.6) is 0 Å².